The van der Waals surface area contributed by atoms with Crippen LogP contribution in [0.3, 0.4) is 0 Å². The number of aromatic nitrogens is 1. The lowest BCUT2D eigenvalue weighted by Gasteiger charge is -2.20. The van der Waals surface area contributed by atoms with E-state index >= 15 is 0 Å². The van der Waals surface area contributed by atoms with E-state index in [4.69, 9.17) is 14.9 Å². The van der Waals surface area contributed by atoms with Gasteiger partial charge in [-0.25, -0.2) is 14.8 Å². The largest absolute Gasteiger partial charge is 0.508 e. The molecule has 2 aromatic carbocycles. The predicted octanol–water partition coefficient (Wildman–Crippen LogP) is 2.17. The Balaban J connectivity index is 0.000000254. The Hall–Kier alpha value is -4.48. The maximum absolute atomic E-state index is 11.6. The summed E-state index contributed by atoms with van der Waals surface area (Å²) in [6.45, 7) is 0.0200. The number of rotatable bonds is 10. The summed E-state index contributed by atoms with van der Waals surface area (Å²) in [5.74, 6) is 1.39. The van der Waals surface area contributed by atoms with Gasteiger partial charge in [0.05, 0.1) is 31.3 Å². The molecule has 0 aliphatic rings. The van der Waals surface area contributed by atoms with E-state index in [2.05, 4.69) is 20.6 Å². The zero-order valence-electron chi connectivity index (χ0n) is 19.7. The lowest BCUT2D eigenvalue weighted by Crippen LogP contribution is -2.41. The van der Waals surface area contributed by atoms with Crippen LogP contribution in [0, 0.1) is 0 Å². The van der Waals surface area contributed by atoms with Crippen molar-refractivity contribution >= 4 is 24.5 Å². The molecule has 11 heteroatoms. The van der Waals surface area contributed by atoms with Crippen molar-refractivity contribution in [2.45, 2.75) is 12.6 Å². The number of aromatic hydroxyl groups is 1. The number of aliphatic hydroxyl groups excluding tert-OH is 2. The van der Waals surface area contributed by atoms with Gasteiger partial charge in [-0.05, 0) is 48.0 Å². The summed E-state index contributed by atoms with van der Waals surface area (Å²) in [7, 11) is 1.53. The van der Waals surface area contributed by atoms with Gasteiger partial charge in [-0.3, -0.25) is 4.79 Å². The topological polar surface area (TPSA) is 157 Å². The summed E-state index contributed by atoms with van der Waals surface area (Å²) < 4.78 is 5.52. The first-order valence-electron chi connectivity index (χ1n) is 10.9. The molecule has 1 aromatic heterocycles. The van der Waals surface area contributed by atoms with Crippen molar-refractivity contribution in [3.8, 4) is 17.4 Å². The van der Waals surface area contributed by atoms with Crippen LogP contribution in [0.15, 0.2) is 77.9 Å². The van der Waals surface area contributed by atoms with Crippen molar-refractivity contribution < 1.29 is 29.6 Å². The number of ether oxygens (including phenoxy) is 1. The summed E-state index contributed by atoms with van der Waals surface area (Å²) in [5, 5.41) is 32.0. The van der Waals surface area contributed by atoms with E-state index in [-0.39, 0.29) is 24.9 Å². The average molecular weight is 496 g/mol. The Bertz CT molecular complexity index is 1080. The van der Waals surface area contributed by atoms with E-state index in [1.165, 1.54) is 18.3 Å². The molecule has 11 nitrogen and oxygen atoms in total. The molecule has 5 N–H and O–H groups in total. The van der Waals surface area contributed by atoms with Gasteiger partial charge in [0, 0.05) is 25.9 Å². The molecule has 1 atom stereocenters. The number of aliphatic imine (C=N–C) groups is 1. The fraction of sp³-hybridized carbons (Fsp3) is 0.200. The van der Waals surface area contributed by atoms with E-state index in [0.29, 0.717) is 24.6 Å². The van der Waals surface area contributed by atoms with E-state index in [0.717, 1.165) is 11.3 Å². The van der Waals surface area contributed by atoms with Crippen molar-refractivity contribution in [1.82, 2.24) is 20.5 Å². The second-order valence-electron chi connectivity index (χ2n) is 7.35. The first-order chi connectivity index (χ1) is 17.4. The highest BCUT2D eigenvalue weighted by Crippen LogP contribution is 2.22. The lowest BCUT2D eigenvalue weighted by molar-refractivity contribution is -0.108. The van der Waals surface area contributed by atoms with Crippen LogP contribution in [0.25, 0.3) is 0 Å². The molecular formula is C25H29N5O6. The van der Waals surface area contributed by atoms with Crippen molar-refractivity contribution in [2.75, 3.05) is 20.2 Å². The zero-order valence-corrected chi connectivity index (χ0v) is 19.7. The highest BCUT2D eigenvalue weighted by molar-refractivity contribution is 5.74. The van der Waals surface area contributed by atoms with Crippen LogP contribution in [0.2, 0.25) is 0 Å². The molecule has 0 saturated carbocycles. The first kappa shape index (κ1) is 27.8. The Kier molecular flexibility index (Phi) is 11.9. The molecule has 0 aliphatic carbocycles. The van der Waals surface area contributed by atoms with Gasteiger partial charge in [0.1, 0.15) is 11.5 Å². The van der Waals surface area contributed by atoms with Gasteiger partial charge in [0.25, 0.3) is 0 Å². The smallest absolute Gasteiger partial charge is 0.317 e. The molecule has 0 spiro atoms. The van der Waals surface area contributed by atoms with Crippen LogP contribution < -0.4 is 15.4 Å². The minimum absolute atomic E-state index is 0.0674. The van der Waals surface area contributed by atoms with Gasteiger partial charge in [-0.15, -0.1) is 0 Å². The number of likely N-dealkylation sites (N-methyl/N-ethyl adjacent to an activating group) is 1. The monoisotopic (exact) mass is 495 g/mol. The molecule has 36 heavy (non-hydrogen) atoms. The maximum atomic E-state index is 11.6. The van der Waals surface area contributed by atoms with Crippen molar-refractivity contribution in [2.24, 2.45) is 4.99 Å². The molecule has 0 aliphatic heterocycles. The summed E-state index contributed by atoms with van der Waals surface area (Å²) >= 11 is 0. The maximum Gasteiger partial charge on any atom is 0.317 e. The fourth-order valence-electron chi connectivity index (χ4n) is 2.65. The Labute approximate surface area is 208 Å². The van der Waals surface area contributed by atoms with E-state index < -0.39 is 6.10 Å². The third-order valence-electron chi connectivity index (χ3n) is 4.48. The van der Waals surface area contributed by atoms with E-state index in [1.54, 1.807) is 60.8 Å². The van der Waals surface area contributed by atoms with Crippen LogP contribution in [0.4, 0.5) is 10.5 Å². The molecule has 1 heterocycles. The number of urea groups is 1. The quantitative estimate of drug-likeness (QED) is 0.164. The number of phenols is 1. The number of carbonyl (C=O) groups excluding carboxylic acids is 2. The van der Waals surface area contributed by atoms with Crippen LogP contribution in [0.5, 0.6) is 17.4 Å². The van der Waals surface area contributed by atoms with Crippen molar-refractivity contribution in [1.29, 1.82) is 0 Å². The van der Waals surface area contributed by atoms with Crippen LogP contribution >= 0.6 is 0 Å². The van der Waals surface area contributed by atoms with Gasteiger partial charge in [-0.1, -0.05) is 18.2 Å². The van der Waals surface area contributed by atoms with Gasteiger partial charge < -0.3 is 35.6 Å². The molecule has 0 radical (unpaired) electrons. The van der Waals surface area contributed by atoms with Gasteiger partial charge >= 0.3 is 6.03 Å². The van der Waals surface area contributed by atoms with Crippen LogP contribution in [0.1, 0.15) is 5.56 Å². The Morgan fingerprint density at radius 3 is 2.47 bits per heavy atom. The summed E-state index contributed by atoms with van der Waals surface area (Å²) in [6.07, 6.45) is 2.61. The fourth-order valence-corrected chi connectivity index (χ4v) is 2.65. The molecule has 0 saturated heterocycles. The minimum atomic E-state index is -0.936. The van der Waals surface area contributed by atoms with Gasteiger partial charge in [0.2, 0.25) is 12.3 Å². The van der Waals surface area contributed by atoms with Crippen molar-refractivity contribution in [3.05, 3.63) is 78.5 Å². The highest BCUT2D eigenvalue weighted by Gasteiger charge is 2.12. The van der Waals surface area contributed by atoms with E-state index in [1.807, 2.05) is 12.1 Å². The number of benzene rings is 2. The number of hydrogen-bond donors (Lipinski definition) is 5. The number of phenolic OH excluding ortho intramolecular Hbond substituents is 1. The molecular weight excluding hydrogens is 466 g/mol. The van der Waals surface area contributed by atoms with Crippen LogP contribution in [-0.2, 0) is 11.3 Å². The molecule has 3 rings (SSSR count). The molecule has 1 unspecified atom stereocenters. The van der Waals surface area contributed by atoms with Gasteiger partial charge in [-0.2, -0.15) is 0 Å². The summed E-state index contributed by atoms with van der Waals surface area (Å²) in [4.78, 5) is 31.0. The second kappa shape index (κ2) is 15.4. The molecule has 3 amide bonds. The van der Waals surface area contributed by atoms with Crippen LogP contribution in [-0.4, -0.2) is 70.3 Å². The minimum Gasteiger partial charge on any atom is -0.508 e. The number of aliphatic hydroxyl groups is 2. The molecule has 0 fully saturated rings. The second-order valence-corrected chi connectivity index (χ2v) is 7.35. The third kappa shape index (κ3) is 10.6. The van der Waals surface area contributed by atoms with Gasteiger partial charge in [0.15, 0.2) is 0 Å². The first-order valence-corrected chi connectivity index (χ1v) is 10.9. The van der Waals surface area contributed by atoms with E-state index in [9.17, 15) is 14.7 Å². The van der Waals surface area contributed by atoms with Crippen molar-refractivity contribution in [3.63, 3.8) is 0 Å². The number of amides is 3. The standard InChI is InChI=1S/C13H11N3O2.C12H18N2O4/c17-10-14-9-16-11-4-6-12(7-5-11)18-13-3-1-2-8-15-13;1-14(7-11(17)8-15)12(18)13-6-9-2-4-10(16)5-3-9/h1-10H,(H,14,16,17);2-5,11,15-17H,6-8H2,1H3,(H,13,18). The zero-order chi connectivity index (χ0) is 26.2. The normalized spacial score (nSPS) is 11.1. The molecule has 3 aromatic rings. The number of hydrogen-bond acceptors (Lipinski definition) is 8. The number of nitrogens with zero attached hydrogens (tertiary/aromatic N) is 3. The highest BCUT2D eigenvalue weighted by atomic mass is 16.5. The predicted molar refractivity (Wildman–Crippen MR) is 134 cm³/mol. The average Bonchev–Trinajstić information content (AvgIpc) is 2.90. The summed E-state index contributed by atoms with van der Waals surface area (Å²) in [5.41, 5.74) is 1.58. The Morgan fingerprint density at radius 1 is 1.14 bits per heavy atom. The molecule has 0 bridgehead atoms. The Morgan fingerprint density at radius 2 is 1.86 bits per heavy atom. The SMILES string of the molecule is CN(CC(O)CO)C(=O)NCc1ccc(O)cc1.O=CNC=Nc1ccc(Oc2ccccn2)cc1. The number of carbonyl (C=O) groups is 2. The molecule has 190 valence electrons. The lowest BCUT2D eigenvalue weighted by atomic mass is 10.2. The number of nitrogens with one attached hydrogen (secondary N) is 2. The third-order valence-corrected chi connectivity index (χ3v) is 4.48. The summed E-state index contributed by atoms with van der Waals surface area (Å²) in [6, 6.07) is 18.7. The number of pyridine rings is 1.